The number of piperidine rings is 1. The highest BCUT2D eigenvalue weighted by molar-refractivity contribution is 5.88. The molecule has 176 valence electrons. The number of ether oxygens (including phenoxy) is 2. The Kier molecular flexibility index (Phi) is 6.54. The van der Waals surface area contributed by atoms with Crippen molar-refractivity contribution >= 4 is 5.91 Å². The van der Waals surface area contributed by atoms with Gasteiger partial charge in [0.1, 0.15) is 17.3 Å². The van der Waals surface area contributed by atoms with E-state index in [1.54, 1.807) is 24.5 Å². The molecule has 1 atom stereocenters. The molecule has 6 nitrogen and oxygen atoms in total. The lowest BCUT2D eigenvalue weighted by Gasteiger charge is -2.42. The van der Waals surface area contributed by atoms with E-state index in [-0.39, 0.29) is 17.6 Å². The first-order chi connectivity index (χ1) is 16.7. The molecular formula is C27H28FN3O3. The lowest BCUT2D eigenvalue weighted by Crippen LogP contribution is -2.52. The Morgan fingerprint density at radius 1 is 1.03 bits per heavy atom. The summed E-state index contributed by atoms with van der Waals surface area (Å²) in [5.74, 6) is 0.745. The maximum Gasteiger partial charge on any atom is 0.241 e. The van der Waals surface area contributed by atoms with Crippen LogP contribution in [0.2, 0.25) is 0 Å². The van der Waals surface area contributed by atoms with Crippen LogP contribution in [-0.2, 0) is 14.9 Å². The van der Waals surface area contributed by atoms with Gasteiger partial charge in [-0.1, -0.05) is 30.3 Å². The highest BCUT2D eigenvalue weighted by Gasteiger charge is 2.45. The van der Waals surface area contributed by atoms with Gasteiger partial charge in [-0.2, -0.15) is 0 Å². The summed E-state index contributed by atoms with van der Waals surface area (Å²) in [5, 5.41) is 0. The van der Waals surface area contributed by atoms with Gasteiger partial charge in [-0.3, -0.25) is 9.78 Å². The molecule has 3 aromatic rings. The topological polar surface area (TPSA) is 64.6 Å². The molecular weight excluding hydrogens is 433 g/mol. The van der Waals surface area contributed by atoms with E-state index >= 15 is 0 Å². The summed E-state index contributed by atoms with van der Waals surface area (Å²) < 4.78 is 24.9. The first-order valence-electron chi connectivity index (χ1n) is 11.8. The number of hydrogen-bond acceptors (Lipinski definition) is 5. The summed E-state index contributed by atoms with van der Waals surface area (Å²) in [4.78, 5) is 25.0. The van der Waals surface area contributed by atoms with Crippen LogP contribution in [0.5, 0.6) is 11.6 Å². The number of amides is 1. The Hall–Kier alpha value is -3.32. The number of aromatic nitrogens is 2. The molecule has 0 radical (unpaired) electrons. The SMILES string of the molecule is O=C(N1CCC[C@@H](c2nccnc2Oc2ccc(F)cc2)C1)C1(c2ccccc2)CCOCC1. The van der Waals surface area contributed by atoms with Gasteiger partial charge < -0.3 is 14.4 Å². The van der Waals surface area contributed by atoms with Crippen molar-refractivity contribution in [3.8, 4) is 11.6 Å². The van der Waals surface area contributed by atoms with Crippen molar-refractivity contribution in [3.63, 3.8) is 0 Å². The standard InChI is InChI=1S/C27H28FN3O3/c28-22-8-10-23(11-9-22)34-25-24(29-14-15-30-25)20-5-4-16-31(19-20)26(32)27(12-17-33-18-13-27)21-6-2-1-3-7-21/h1-3,6-11,14-15,20H,4-5,12-13,16-19H2/t20-/m1/s1. The molecule has 3 heterocycles. The summed E-state index contributed by atoms with van der Waals surface area (Å²) in [7, 11) is 0. The second kappa shape index (κ2) is 9.89. The van der Waals surface area contributed by atoms with Crippen molar-refractivity contribution in [1.29, 1.82) is 0 Å². The van der Waals surface area contributed by atoms with Crippen molar-refractivity contribution in [2.24, 2.45) is 0 Å². The fourth-order valence-electron chi connectivity index (χ4n) is 5.10. The summed E-state index contributed by atoms with van der Waals surface area (Å²) in [6.45, 7) is 2.45. The van der Waals surface area contributed by atoms with Gasteiger partial charge in [0.15, 0.2) is 0 Å². The Morgan fingerprint density at radius 2 is 1.76 bits per heavy atom. The maximum atomic E-state index is 14.0. The number of hydrogen-bond donors (Lipinski definition) is 0. The average Bonchev–Trinajstić information content (AvgIpc) is 2.91. The molecule has 2 aromatic carbocycles. The molecule has 0 saturated carbocycles. The summed E-state index contributed by atoms with van der Waals surface area (Å²) in [6, 6.07) is 15.9. The minimum absolute atomic E-state index is 0.00881. The lowest BCUT2D eigenvalue weighted by atomic mass is 9.72. The number of halogens is 1. The van der Waals surface area contributed by atoms with Crippen molar-refractivity contribution in [3.05, 3.63) is 84.1 Å². The minimum atomic E-state index is -0.558. The quantitative estimate of drug-likeness (QED) is 0.543. The Labute approximate surface area is 198 Å². The van der Waals surface area contributed by atoms with Crippen LogP contribution >= 0.6 is 0 Å². The number of rotatable bonds is 5. The van der Waals surface area contributed by atoms with Crippen molar-refractivity contribution < 1.29 is 18.7 Å². The van der Waals surface area contributed by atoms with Crippen molar-refractivity contribution in [2.75, 3.05) is 26.3 Å². The van der Waals surface area contributed by atoms with Gasteiger partial charge in [-0.15, -0.1) is 0 Å². The fraction of sp³-hybridized carbons (Fsp3) is 0.370. The number of carbonyl (C=O) groups excluding carboxylic acids is 1. The van der Waals surface area contributed by atoms with Crippen LogP contribution in [0.15, 0.2) is 67.0 Å². The molecule has 0 bridgehead atoms. The molecule has 5 rings (SSSR count). The van der Waals surface area contributed by atoms with Crippen LogP contribution < -0.4 is 4.74 Å². The largest absolute Gasteiger partial charge is 0.437 e. The number of carbonyl (C=O) groups is 1. The zero-order chi connectivity index (χ0) is 23.4. The van der Waals surface area contributed by atoms with Crippen LogP contribution in [0, 0.1) is 5.82 Å². The first kappa shape index (κ1) is 22.5. The molecule has 34 heavy (non-hydrogen) atoms. The lowest BCUT2D eigenvalue weighted by molar-refractivity contribution is -0.142. The normalized spacial score (nSPS) is 20.0. The van der Waals surface area contributed by atoms with Crippen molar-refractivity contribution in [1.82, 2.24) is 14.9 Å². The molecule has 7 heteroatoms. The number of nitrogens with zero attached hydrogens (tertiary/aromatic N) is 3. The van der Waals surface area contributed by atoms with Gasteiger partial charge in [0.2, 0.25) is 11.8 Å². The highest BCUT2D eigenvalue weighted by atomic mass is 19.1. The maximum absolute atomic E-state index is 14.0. The molecule has 0 N–H and O–H groups in total. The Bertz CT molecular complexity index is 1120. The predicted molar refractivity (Wildman–Crippen MR) is 125 cm³/mol. The minimum Gasteiger partial charge on any atom is -0.437 e. The van der Waals surface area contributed by atoms with Crippen LogP contribution in [0.4, 0.5) is 4.39 Å². The smallest absolute Gasteiger partial charge is 0.241 e. The van der Waals surface area contributed by atoms with Gasteiger partial charge in [0, 0.05) is 44.6 Å². The monoisotopic (exact) mass is 461 g/mol. The molecule has 0 spiro atoms. The van der Waals surface area contributed by atoms with Crippen LogP contribution in [0.25, 0.3) is 0 Å². The van der Waals surface area contributed by atoms with Crippen LogP contribution in [-0.4, -0.2) is 47.1 Å². The van der Waals surface area contributed by atoms with Crippen molar-refractivity contribution in [2.45, 2.75) is 37.0 Å². The van der Waals surface area contributed by atoms with Gasteiger partial charge in [-0.25, -0.2) is 9.37 Å². The van der Waals surface area contributed by atoms with Gasteiger partial charge in [-0.05, 0) is 55.5 Å². The second-order valence-corrected chi connectivity index (χ2v) is 8.95. The third kappa shape index (κ3) is 4.53. The Balaban J connectivity index is 1.39. The molecule has 2 saturated heterocycles. The number of benzene rings is 2. The average molecular weight is 462 g/mol. The molecule has 1 aromatic heterocycles. The molecule has 1 amide bonds. The number of likely N-dealkylation sites (tertiary alicyclic amines) is 1. The van der Waals surface area contributed by atoms with E-state index in [0.717, 1.165) is 30.6 Å². The van der Waals surface area contributed by atoms with E-state index in [2.05, 4.69) is 22.1 Å². The van der Waals surface area contributed by atoms with E-state index in [1.165, 1.54) is 12.1 Å². The second-order valence-electron chi connectivity index (χ2n) is 8.95. The van der Waals surface area contributed by atoms with Gasteiger partial charge >= 0.3 is 0 Å². The molecule has 2 aliphatic rings. The molecule has 2 fully saturated rings. The Morgan fingerprint density at radius 3 is 2.53 bits per heavy atom. The third-order valence-electron chi connectivity index (χ3n) is 6.90. The van der Waals surface area contributed by atoms with E-state index in [9.17, 15) is 9.18 Å². The van der Waals surface area contributed by atoms with Gasteiger partial charge in [0.05, 0.1) is 5.41 Å². The predicted octanol–water partition coefficient (Wildman–Crippen LogP) is 4.86. The molecule has 2 aliphatic heterocycles. The molecule has 0 aliphatic carbocycles. The van der Waals surface area contributed by atoms with E-state index in [4.69, 9.17) is 9.47 Å². The van der Waals surface area contributed by atoms with E-state index < -0.39 is 5.41 Å². The summed E-state index contributed by atoms with van der Waals surface area (Å²) >= 11 is 0. The third-order valence-corrected chi connectivity index (χ3v) is 6.90. The van der Waals surface area contributed by atoms with Crippen LogP contribution in [0.3, 0.4) is 0 Å². The molecule has 0 unspecified atom stereocenters. The summed E-state index contributed by atoms with van der Waals surface area (Å²) in [6.07, 6.45) is 6.37. The zero-order valence-electron chi connectivity index (χ0n) is 19.0. The van der Waals surface area contributed by atoms with Gasteiger partial charge in [0.25, 0.3) is 0 Å². The van der Waals surface area contributed by atoms with E-state index in [1.807, 2.05) is 23.1 Å². The fourth-order valence-corrected chi connectivity index (χ4v) is 5.10. The highest BCUT2D eigenvalue weighted by Crippen LogP contribution is 2.39. The van der Waals surface area contributed by atoms with E-state index in [0.29, 0.717) is 44.2 Å². The first-order valence-corrected chi connectivity index (χ1v) is 11.8. The zero-order valence-corrected chi connectivity index (χ0v) is 19.0. The van der Waals surface area contributed by atoms with Crippen LogP contribution in [0.1, 0.15) is 42.9 Å². The summed E-state index contributed by atoms with van der Waals surface area (Å²) in [5.41, 5.74) is 1.23.